The molecule has 0 radical (unpaired) electrons. The summed E-state index contributed by atoms with van der Waals surface area (Å²) in [5.74, 6) is -0.739. The van der Waals surface area contributed by atoms with Crippen LogP contribution >= 0.6 is 11.3 Å². The lowest BCUT2D eigenvalue weighted by atomic mass is 9.91. The average Bonchev–Trinajstić information content (AvgIpc) is 3.54. The lowest BCUT2D eigenvalue weighted by Crippen LogP contribution is -2.37. The molecule has 3 heterocycles. The molecule has 4 aromatic rings. The van der Waals surface area contributed by atoms with E-state index in [1.54, 1.807) is 22.3 Å². The fraction of sp³-hybridized carbons (Fsp3) is 0.174. The van der Waals surface area contributed by atoms with Gasteiger partial charge in [-0.2, -0.15) is 16.4 Å². The number of thiophene rings is 1. The Morgan fingerprint density at radius 1 is 1.00 bits per heavy atom. The molecule has 0 bridgehead atoms. The monoisotopic (exact) mass is 436 g/mol. The Balaban J connectivity index is 1.48. The van der Waals surface area contributed by atoms with Crippen LogP contribution in [-0.2, 0) is 17.7 Å². The maximum atomic E-state index is 14.4. The van der Waals surface area contributed by atoms with Crippen molar-refractivity contribution >= 4 is 17.2 Å². The highest BCUT2D eigenvalue weighted by molar-refractivity contribution is 7.08. The van der Waals surface area contributed by atoms with Gasteiger partial charge in [-0.1, -0.05) is 18.2 Å². The third-order valence-electron chi connectivity index (χ3n) is 5.29. The van der Waals surface area contributed by atoms with Crippen molar-refractivity contribution in [3.05, 3.63) is 94.7 Å². The highest BCUT2D eigenvalue weighted by atomic mass is 32.1. The Morgan fingerprint density at radius 3 is 2.45 bits per heavy atom. The predicted octanol–water partition coefficient (Wildman–Crippen LogP) is 4.74. The van der Waals surface area contributed by atoms with E-state index in [1.807, 2.05) is 29.6 Å². The number of rotatable bonds is 6. The first-order valence-corrected chi connectivity index (χ1v) is 10.7. The number of ether oxygens (including phenoxy) is 1. The predicted molar refractivity (Wildman–Crippen MR) is 115 cm³/mol. The van der Waals surface area contributed by atoms with Crippen molar-refractivity contribution in [3.63, 3.8) is 0 Å². The molecule has 5 rings (SSSR count). The molecule has 0 amide bonds. The second-order valence-electron chi connectivity index (χ2n) is 7.49. The summed E-state index contributed by atoms with van der Waals surface area (Å²) in [6.45, 7) is 0.472. The molecular formula is C23H18F2N4OS. The quantitative estimate of drug-likeness (QED) is 0.439. The molecule has 31 heavy (non-hydrogen) atoms. The van der Waals surface area contributed by atoms with Gasteiger partial charge in [0.25, 0.3) is 0 Å². The third kappa shape index (κ3) is 3.98. The van der Waals surface area contributed by atoms with Crippen molar-refractivity contribution < 1.29 is 13.5 Å². The summed E-state index contributed by atoms with van der Waals surface area (Å²) in [5.41, 5.74) is 2.16. The molecule has 0 fully saturated rings. The van der Waals surface area contributed by atoms with Crippen molar-refractivity contribution in [1.29, 1.82) is 0 Å². The van der Waals surface area contributed by atoms with Crippen LogP contribution in [0, 0.1) is 11.6 Å². The largest absolute Gasteiger partial charge is 0.475 e. The fourth-order valence-corrected chi connectivity index (χ4v) is 4.40. The third-order valence-corrected chi connectivity index (χ3v) is 5.98. The zero-order valence-electron chi connectivity index (χ0n) is 16.4. The van der Waals surface area contributed by atoms with Gasteiger partial charge in [0, 0.05) is 17.5 Å². The molecule has 1 unspecified atom stereocenters. The molecule has 0 saturated heterocycles. The van der Waals surface area contributed by atoms with Gasteiger partial charge in [-0.15, -0.1) is 0 Å². The fourth-order valence-electron chi connectivity index (χ4n) is 3.74. The standard InChI is InChI=1S/C23H18F2N4OS/c24-20-2-1-3-21(25)19(20)10-23(12-29-15-26-14-27-29)13-30-22(28-23)17-6-4-16(5-7-17)18-8-9-31-11-18/h1-9,11,14-15H,10,12-13H2. The molecule has 0 aliphatic carbocycles. The summed E-state index contributed by atoms with van der Waals surface area (Å²) < 4.78 is 36.3. The van der Waals surface area contributed by atoms with Gasteiger partial charge in [0.2, 0.25) is 5.90 Å². The van der Waals surface area contributed by atoms with Crippen molar-refractivity contribution in [1.82, 2.24) is 14.8 Å². The molecule has 2 aromatic heterocycles. The lowest BCUT2D eigenvalue weighted by Gasteiger charge is -2.24. The molecule has 1 aliphatic rings. The van der Waals surface area contributed by atoms with Crippen LogP contribution in [0.2, 0.25) is 0 Å². The molecule has 156 valence electrons. The van der Waals surface area contributed by atoms with Crippen LogP contribution in [0.3, 0.4) is 0 Å². The topological polar surface area (TPSA) is 52.3 Å². The van der Waals surface area contributed by atoms with E-state index in [0.717, 1.165) is 16.7 Å². The van der Waals surface area contributed by atoms with E-state index in [-0.39, 0.29) is 25.1 Å². The summed E-state index contributed by atoms with van der Waals surface area (Å²) in [6.07, 6.45) is 3.02. The maximum absolute atomic E-state index is 14.4. The maximum Gasteiger partial charge on any atom is 0.216 e. The first kappa shape index (κ1) is 19.6. The van der Waals surface area contributed by atoms with Gasteiger partial charge in [-0.3, -0.25) is 4.68 Å². The van der Waals surface area contributed by atoms with Crippen molar-refractivity contribution in [2.24, 2.45) is 4.99 Å². The molecule has 0 N–H and O–H groups in total. The first-order valence-electron chi connectivity index (χ1n) is 9.73. The van der Waals surface area contributed by atoms with Crippen LogP contribution in [-0.4, -0.2) is 32.8 Å². The van der Waals surface area contributed by atoms with Crippen molar-refractivity contribution in [2.45, 2.75) is 18.5 Å². The van der Waals surface area contributed by atoms with Gasteiger partial charge in [0.1, 0.15) is 36.4 Å². The van der Waals surface area contributed by atoms with Gasteiger partial charge < -0.3 is 4.74 Å². The summed E-state index contributed by atoms with van der Waals surface area (Å²) in [6, 6.07) is 13.8. The zero-order valence-corrected chi connectivity index (χ0v) is 17.2. The van der Waals surface area contributed by atoms with E-state index in [9.17, 15) is 8.78 Å². The lowest BCUT2D eigenvalue weighted by molar-refractivity contribution is 0.225. The number of hydrogen-bond donors (Lipinski definition) is 0. The number of aliphatic imine (C=N–C) groups is 1. The summed E-state index contributed by atoms with van der Waals surface area (Å²) in [5, 5.41) is 8.27. The molecule has 0 spiro atoms. The number of benzene rings is 2. The van der Waals surface area contributed by atoms with Gasteiger partial charge in [0.15, 0.2) is 0 Å². The normalized spacial score (nSPS) is 18.1. The van der Waals surface area contributed by atoms with Crippen LogP contribution in [0.4, 0.5) is 8.78 Å². The summed E-state index contributed by atoms with van der Waals surface area (Å²) >= 11 is 1.65. The zero-order chi connectivity index (χ0) is 21.3. The summed E-state index contributed by atoms with van der Waals surface area (Å²) in [4.78, 5) is 8.77. The average molecular weight is 436 g/mol. The smallest absolute Gasteiger partial charge is 0.216 e. The van der Waals surface area contributed by atoms with Gasteiger partial charge in [-0.25, -0.2) is 18.8 Å². The minimum Gasteiger partial charge on any atom is -0.475 e. The van der Waals surface area contributed by atoms with Gasteiger partial charge >= 0.3 is 0 Å². The van der Waals surface area contributed by atoms with E-state index >= 15 is 0 Å². The number of hydrogen-bond acceptors (Lipinski definition) is 5. The first-order chi connectivity index (χ1) is 15.1. The number of halogens is 2. The molecule has 8 heteroatoms. The Morgan fingerprint density at radius 2 is 1.77 bits per heavy atom. The molecule has 1 atom stereocenters. The van der Waals surface area contributed by atoms with Gasteiger partial charge in [-0.05, 0) is 52.2 Å². The van der Waals surface area contributed by atoms with Crippen LogP contribution < -0.4 is 0 Å². The van der Waals surface area contributed by atoms with E-state index in [4.69, 9.17) is 9.73 Å². The van der Waals surface area contributed by atoms with Crippen LogP contribution in [0.5, 0.6) is 0 Å². The Bertz CT molecular complexity index is 1190. The highest BCUT2D eigenvalue weighted by Crippen LogP contribution is 2.31. The molecule has 1 aliphatic heterocycles. The minimum atomic E-state index is -0.905. The van der Waals surface area contributed by atoms with E-state index < -0.39 is 17.2 Å². The van der Waals surface area contributed by atoms with E-state index in [2.05, 4.69) is 21.5 Å². The minimum absolute atomic E-state index is 0.0102. The van der Waals surface area contributed by atoms with Crippen LogP contribution in [0.1, 0.15) is 11.1 Å². The number of nitrogens with zero attached hydrogens (tertiary/aromatic N) is 4. The van der Waals surface area contributed by atoms with E-state index in [1.165, 1.54) is 24.5 Å². The van der Waals surface area contributed by atoms with Crippen LogP contribution in [0.15, 0.2) is 76.9 Å². The van der Waals surface area contributed by atoms with Crippen molar-refractivity contribution in [2.75, 3.05) is 6.61 Å². The SMILES string of the molecule is Fc1cccc(F)c1CC1(Cn2cncn2)COC(c2ccc(-c3ccsc3)cc2)=N1. The Hall–Kier alpha value is -3.39. The van der Waals surface area contributed by atoms with E-state index in [0.29, 0.717) is 5.90 Å². The molecule has 0 saturated carbocycles. The van der Waals surface area contributed by atoms with Crippen molar-refractivity contribution in [3.8, 4) is 11.1 Å². The molecule has 2 aromatic carbocycles. The van der Waals surface area contributed by atoms with Crippen LogP contribution in [0.25, 0.3) is 11.1 Å². The van der Waals surface area contributed by atoms with Gasteiger partial charge in [0.05, 0.1) is 6.54 Å². The number of aromatic nitrogens is 3. The second kappa shape index (κ2) is 8.03. The summed E-state index contributed by atoms with van der Waals surface area (Å²) in [7, 11) is 0. The Kier molecular flexibility index (Phi) is 5.07. The highest BCUT2D eigenvalue weighted by Gasteiger charge is 2.39. The molecular weight excluding hydrogens is 418 g/mol. The molecule has 5 nitrogen and oxygen atoms in total. The second-order valence-corrected chi connectivity index (χ2v) is 8.27. The Labute approximate surface area is 181 Å².